The Labute approximate surface area is 159 Å². The summed E-state index contributed by atoms with van der Waals surface area (Å²) in [6, 6.07) is 11.8. The van der Waals surface area contributed by atoms with Crippen LogP contribution in [0.1, 0.15) is 11.4 Å². The number of benzene rings is 2. The van der Waals surface area contributed by atoms with Crippen molar-refractivity contribution in [3.05, 3.63) is 59.9 Å². The predicted octanol–water partition coefficient (Wildman–Crippen LogP) is 3.30. The highest BCUT2D eigenvalue weighted by atomic mass is 19.4. The van der Waals surface area contributed by atoms with Crippen molar-refractivity contribution in [3.63, 3.8) is 0 Å². The van der Waals surface area contributed by atoms with E-state index in [0.29, 0.717) is 17.8 Å². The second-order valence-corrected chi connectivity index (χ2v) is 5.84. The molecule has 1 heterocycles. The van der Waals surface area contributed by atoms with Crippen molar-refractivity contribution in [3.8, 4) is 17.1 Å². The number of carbonyl (C=O) groups is 1. The summed E-state index contributed by atoms with van der Waals surface area (Å²) >= 11 is 0. The van der Waals surface area contributed by atoms with Crippen molar-refractivity contribution < 1.29 is 22.7 Å². The van der Waals surface area contributed by atoms with Crippen molar-refractivity contribution in [1.29, 1.82) is 0 Å². The Morgan fingerprint density at radius 2 is 1.93 bits per heavy atom. The van der Waals surface area contributed by atoms with Gasteiger partial charge in [0.25, 0.3) is 0 Å². The van der Waals surface area contributed by atoms with Gasteiger partial charge < -0.3 is 19.3 Å². The molecule has 0 aliphatic heterocycles. The van der Waals surface area contributed by atoms with Crippen LogP contribution in [-0.4, -0.2) is 28.4 Å². The lowest BCUT2D eigenvalue weighted by Crippen LogP contribution is -2.07. The highest BCUT2D eigenvalue weighted by molar-refractivity contribution is 6.69. The lowest BCUT2D eigenvalue weighted by Gasteiger charge is -2.10. The van der Waals surface area contributed by atoms with Gasteiger partial charge in [0, 0.05) is 18.3 Å². The monoisotopic (exact) mass is 387 g/mol. The van der Waals surface area contributed by atoms with Crippen LogP contribution in [0.2, 0.25) is 0 Å². The maximum absolute atomic E-state index is 12.8. The molecule has 10 heteroatoms. The Kier molecular flexibility index (Phi) is 5.67. The molecule has 1 aromatic heterocycles. The third-order valence-corrected chi connectivity index (χ3v) is 3.96. The molecule has 0 bridgehead atoms. The van der Waals surface area contributed by atoms with Gasteiger partial charge in [-0.1, -0.05) is 6.07 Å². The molecular weight excluding hydrogens is 372 g/mol. The van der Waals surface area contributed by atoms with Crippen molar-refractivity contribution >= 4 is 19.3 Å². The van der Waals surface area contributed by atoms with Gasteiger partial charge in [-0.25, -0.2) is 0 Å². The van der Waals surface area contributed by atoms with Gasteiger partial charge in [0.2, 0.25) is 0 Å². The minimum atomic E-state index is -4.43. The maximum atomic E-state index is 12.8. The van der Waals surface area contributed by atoms with E-state index in [1.54, 1.807) is 23.7 Å². The average Bonchev–Trinajstić information content (AvgIpc) is 3.05. The van der Waals surface area contributed by atoms with Crippen LogP contribution in [0, 0.1) is 0 Å². The highest BCUT2D eigenvalue weighted by Crippen LogP contribution is 2.31. The van der Waals surface area contributed by atoms with Crippen molar-refractivity contribution in [2.75, 3.05) is 5.23 Å². The normalized spacial score (nSPS) is 11.1. The SMILES string of the molecule is Cn1c(COc2cccc(C(F)(F)F)c2)nnc1-c1ccc(N[B]C=O)cc1. The van der Waals surface area contributed by atoms with E-state index in [4.69, 9.17) is 4.74 Å². The number of anilines is 1. The molecule has 6 nitrogen and oxygen atoms in total. The topological polar surface area (TPSA) is 69.0 Å². The third kappa shape index (κ3) is 4.51. The van der Waals surface area contributed by atoms with Crippen LogP contribution < -0.4 is 9.96 Å². The minimum Gasteiger partial charge on any atom is -0.486 e. The second-order valence-electron chi connectivity index (χ2n) is 5.84. The number of nitrogens with zero attached hydrogens (tertiary/aromatic N) is 3. The second kappa shape index (κ2) is 8.16. The van der Waals surface area contributed by atoms with Gasteiger partial charge in [-0.05, 0) is 42.5 Å². The fraction of sp³-hybridized carbons (Fsp3) is 0.167. The van der Waals surface area contributed by atoms with E-state index in [-0.39, 0.29) is 12.4 Å². The third-order valence-electron chi connectivity index (χ3n) is 3.96. The van der Waals surface area contributed by atoms with Crippen LogP contribution in [0.25, 0.3) is 11.4 Å². The van der Waals surface area contributed by atoms with E-state index >= 15 is 0 Å². The van der Waals surface area contributed by atoms with Crippen LogP contribution in [0.15, 0.2) is 48.5 Å². The molecule has 2 aromatic carbocycles. The van der Waals surface area contributed by atoms with Gasteiger partial charge in [0.1, 0.15) is 18.5 Å². The summed E-state index contributed by atoms with van der Waals surface area (Å²) in [6.45, 7) is -0.0290. The summed E-state index contributed by atoms with van der Waals surface area (Å²) in [5.74, 6) is 1.14. The minimum absolute atomic E-state index is 0.0290. The molecule has 3 aromatic rings. The van der Waals surface area contributed by atoms with Gasteiger partial charge in [-0.2, -0.15) is 13.2 Å². The first-order valence-corrected chi connectivity index (χ1v) is 8.21. The molecule has 0 unspecified atom stereocenters. The van der Waals surface area contributed by atoms with E-state index in [9.17, 15) is 18.0 Å². The number of ether oxygens (including phenoxy) is 1. The Balaban J connectivity index is 1.71. The molecule has 1 N–H and O–H groups in total. The van der Waals surface area contributed by atoms with Crippen molar-refractivity contribution in [2.24, 2.45) is 7.05 Å². The molecule has 143 valence electrons. The van der Waals surface area contributed by atoms with Crippen LogP contribution >= 0.6 is 0 Å². The van der Waals surface area contributed by atoms with Crippen LogP contribution in [0.5, 0.6) is 5.75 Å². The van der Waals surface area contributed by atoms with E-state index in [2.05, 4.69) is 15.4 Å². The molecule has 0 amide bonds. The first-order valence-electron chi connectivity index (χ1n) is 8.21. The molecule has 28 heavy (non-hydrogen) atoms. The van der Waals surface area contributed by atoms with Gasteiger partial charge >= 0.3 is 13.6 Å². The lowest BCUT2D eigenvalue weighted by molar-refractivity contribution is -0.137. The van der Waals surface area contributed by atoms with Gasteiger partial charge in [0.15, 0.2) is 11.6 Å². The highest BCUT2D eigenvalue weighted by Gasteiger charge is 2.30. The molecule has 0 fully saturated rings. The molecule has 0 atom stereocenters. The zero-order chi connectivity index (χ0) is 20.1. The number of carbonyl (C=O) groups excluding carboxylic acids is 1. The van der Waals surface area contributed by atoms with E-state index in [1.807, 2.05) is 12.1 Å². The first-order chi connectivity index (χ1) is 13.4. The number of alkyl halides is 3. The molecule has 1 radical (unpaired) electrons. The van der Waals surface area contributed by atoms with E-state index < -0.39 is 11.7 Å². The summed E-state index contributed by atoms with van der Waals surface area (Å²) in [5.41, 5.74) is 0.757. The van der Waals surface area contributed by atoms with E-state index in [0.717, 1.165) is 23.4 Å². The standard InChI is InChI=1S/C18H15BF3N4O2/c1-26-16(10-28-15-4-2-3-13(9-15)18(20,21)22)24-25-17(26)12-5-7-14(8-6-12)23-19-11-27/h2-9,11,23H,10H2,1H3. The number of hydrogen-bond acceptors (Lipinski definition) is 5. The number of halogens is 3. The van der Waals surface area contributed by atoms with Crippen LogP contribution in [0.4, 0.5) is 18.9 Å². The summed E-state index contributed by atoms with van der Waals surface area (Å²) < 4.78 is 45.5. The number of rotatable bonds is 7. The maximum Gasteiger partial charge on any atom is 0.416 e. The molecule has 0 aliphatic rings. The first kappa shape index (κ1) is 19.5. The summed E-state index contributed by atoms with van der Waals surface area (Å²) in [4.78, 5) is 10.3. The molecule has 3 rings (SSSR count). The molecular formula is C18H15BF3N4O2. The van der Waals surface area contributed by atoms with Crippen LogP contribution in [0.3, 0.4) is 0 Å². The summed E-state index contributed by atoms with van der Waals surface area (Å²) in [6.07, 6.45) is -3.78. The van der Waals surface area contributed by atoms with Gasteiger partial charge in [-0.3, -0.25) is 0 Å². The van der Waals surface area contributed by atoms with Crippen LogP contribution in [-0.2, 0) is 24.6 Å². The quantitative estimate of drug-likeness (QED) is 0.498. The lowest BCUT2D eigenvalue weighted by atomic mass is 9.98. The Bertz CT molecular complexity index is 958. The molecule has 0 saturated heterocycles. The molecule has 0 aliphatic carbocycles. The Morgan fingerprint density at radius 1 is 1.18 bits per heavy atom. The smallest absolute Gasteiger partial charge is 0.416 e. The Morgan fingerprint density at radius 3 is 2.61 bits per heavy atom. The zero-order valence-corrected chi connectivity index (χ0v) is 14.8. The number of nitrogens with one attached hydrogen (secondary N) is 1. The average molecular weight is 387 g/mol. The summed E-state index contributed by atoms with van der Waals surface area (Å²) in [7, 11) is 3.02. The predicted molar refractivity (Wildman–Crippen MR) is 98.3 cm³/mol. The fourth-order valence-electron chi connectivity index (χ4n) is 2.49. The van der Waals surface area contributed by atoms with Crippen molar-refractivity contribution in [2.45, 2.75) is 12.8 Å². The molecule has 0 saturated carbocycles. The van der Waals surface area contributed by atoms with Gasteiger partial charge in [0.05, 0.1) is 5.56 Å². The number of hydrogen-bond donors (Lipinski definition) is 1. The van der Waals surface area contributed by atoms with Gasteiger partial charge in [-0.15, -0.1) is 10.2 Å². The van der Waals surface area contributed by atoms with Crippen molar-refractivity contribution in [1.82, 2.24) is 14.8 Å². The largest absolute Gasteiger partial charge is 0.486 e. The fourth-order valence-corrected chi connectivity index (χ4v) is 2.49. The number of aromatic nitrogens is 3. The Hall–Kier alpha value is -3.30. The van der Waals surface area contributed by atoms with E-state index in [1.165, 1.54) is 19.5 Å². The summed E-state index contributed by atoms with van der Waals surface area (Å²) in [5, 5.41) is 11.0. The zero-order valence-electron chi connectivity index (χ0n) is 14.8. The molecule has 0 spiro atoms.